The van der Waals surface area contributed by atoms with Crippen LogP contribution in [0.15, 0.2) is 39.9 Å². The van der Waals surface area contributed by atoms with Crippen LogP contribution in [-0.2, 0) is 11.2 Å². The van der Waals surface area contributed by atoms with Crippen LogP contribution in [0.5, 0.6) is 17.2 Å². The minimum absolute atomic E-state index is 0.155. The maximum atomic E-state index is 5.81. The van der Waals surface area contributed by atoms with Gasteiger partial charge in [-0.05, 0) is 31.4 Å². The van der Waals surface area contributed by atoms with Crippen molar-refractivity contribution in [3.05, 3.63) is 36.3 Å². The lowest BCUT2D eigenvalue weighted by atomic mass is 10.1. The van der Waals surface area contributed by atoms with Crippen LogP contribution < -0.4 is 24.8 Å². The molecule has 0 saturated carbocycles. The normalized spacial score (nSPS) is 16.8. The Labute approximate surface area is 177 Å². The molecule has 0 bridgehead atoms. The number of hydrogen-bond acceptors (Lipinski definition) is 6. The molecule has 0 spiro atoms. The lowest BCUT2D eigenvalue weighted by molar-refractivity contribution is 0.0225. The number of furan rings is 1. The molecule has 0 aliphatic carbocycles. The molecule has 1 aromatic heterocycles. The third-order valence-electron chi connectivity index (χ3n) is 4.90. The highest BCUT2D eigenvalue weighted by molar-refractivity contribution is 5.94. The van der Waals surface area contributed by atoms with Gasteiger partial charge in [-0.15, -0.1) is 0 Å². The minimum atomic E-state index is 0.155. The van der Waals surface area contributed by atoms with Crippen molar-refractivity contribution in [1.82, 2.24) is 5.32 Å². The Kier molecular flexibility index (Phi) is 8.26. The summed E-state index contributed by atoms with van der Waals surface area (Å²) in [7, 11) is 4.77. The van der Waals surface area contributed by atoms with Crippen molar-refractivity contribution in [3.63, 3.8) is 0 Å². The molecule has 1 atom stereocenters. The molecule has 164 valence electrons. The first-order valence-electron chi connectivity index (χ1n) is 10.2. The fraction of sp³-hybridized carbons (Fsp3) is 0.500. The van der Waals surface area contributed by atoms with Gasteiger partial charge in [-0.25, -0.2) is 0 Å². The number of anilines is 1. The average Bonchev–Trinajstić information content (AvgIpc) is 3.30. The number of nitrogens with one attached hydrogen (secondary N) is 2. The summed E-state index contributed by atoms with van der Waals surface area (Å²) in [6.45, 7) is 2.08. The predicted molar refractivity (Wildman–Crippen MR) is 116 cm³/mol. The summed E-state index contributed by atoms with van der Waals surface area (Å²) in [6.07, 6.45) is 5.93. The molecule has 1 unspecified atom stereocenters. The first-order valence-corrected chi connectivity index (χ1v) is 10.2. The summed E-state index contributed by atoms with van der Waals surface area (Å²) in [5.41, 5.74) is 0.776. The first kappa shape index (κ1) is 21.8. The van der Waals surface area contributed by atoms with Crippen LogP contribution in [0.4, 0.5) is 5.69 Å². The molecule has 0 amide bonds. The van der Waals surface area contributed by atoms with Crippen LogP contribution in [0.1, 0.15) is 25.0 Å². The number of nitrogens with zero attached hydrogens (tertiary/aromatic N) is 1. The lowest BCUT2D eigenvalue weighted by Crippen LogP contribution is -2.34. The molecule has 1 fully saturated rings. The fourth-order valence-electron chi connectivity index (χ4n) is 3.33. The van der Waals surface area contributed by atoms with E-state index in [0.717, 1.165) is 37.3 Å². The second-order valence-corrected chi connectivity index (χ2v) is 6.97. The zero-order chi connectivity index (χ0) is 21.2. The molecular formula is C22H31N3O5. The molecule has 0 radical (unpaired) electrons. The molecule has 1 aliphatic heterocycles. The second-order valence-electron chi connectivity index (χ2n) is 6.97. The summed E-state index contributed by atoms with van der Waals surface area (Å²) in [4.78, 5) is 4.74. The van der Waals surface area contributed by atoms with Crippen molar-refractivity contribution >= 4 is 11.6 Å². The SMILES string of the molecule is COc1cc(NC(=NCC2CCCCO2)NCCc2ccco2)cc(OC)c1OC. The molecule has 1 aliphatic rings. The van der Waals surface area contributed by atoms with E-state index >= 15 is 0 Å². The van der Waals surface area contributed by atoms with Crippen LogP contribution in [0.25, 0.3) is 0 Å². The van der Waals surface area contributed by atoms with Gasteiger partial charge in [-0.1, -0.05) is 0 Å². The first-order chi connectivity index (χ1) is 14.7. The largest absolute Gasteiger partial charge is 0.493 e. The molecule has 2 aromatic rings. The smallest absolute Gasteiger partial charge is 0.203 e. The summed E-state index contributed by atoms with van der Waals surface area (Å²) in [6, 6.07) is 7.55. The molecule has 8 nitrogen and oxygen atoms in total. The number of ether oxygens (including phenoxy) is 4. The van der Waals surface area contributed by atoms with Gasteiger partial charge >= 0.3 is 0 Å². The van der Waals surface area contributed by atoms with E-state index in [-0.39, 0.29) is 6.10 Å². The molecule has 2 heterocycles. The highest BCUT2D eigenvalue weighted by atomic mass is 16.5. The highest BCUT2D eigenvalue weighted by Gasteiger charge is 2.16. The van der Waals surface area contributed by atoms with Gasteiger partial charge in [0.15, 0.2) is 17.5 Å². The molecule has 1 aromatic carbocycles. The molecule has 30 heavy (non-hydrogen) atoms. The zero-order valence-electron chi connectivity index (χ0n) is 17.9. The summed E-state index contributed by atoms with van der Waals surface area (Å²) < 4.78 is 27.5. The Morgan fingerprint density at radius 2 is 1.93 bits per heavy atom. The zero-order valence-corrected chi connectivity index (χ0v) is 17.9. The molecule has 8 heteroatoms. The van der Waals surface area contributed by atoms with Crippen LogP contribution in [0.2, 0.25) is 0 Å². The number of aliphatic imine (C=N–C) groups is 1. The van der Waals surface area contributed by atoms with Gasteiger partial charge in [0.1, 0.15) is 5.76 Å². The number of hydrogen-bond donors (Lipinski definition) is 2. The van der Waals surface area contributed by atoms with Gasteiger partial charge in [0.25, 0.3) is 0 Å². The third-order valence-corrected chi connectivity index (χ3v) is 4.90. The van der Waals surface area contributed by atoms with Crippen LogP contribution in [0.3, 0.4) is 0 Å². The fourth-order valence-corrected chi connectivity index (χ4v) is 3.33. The predicted octanol–water partition coefficient (Wildman–Crippen LogP) is 3.47. The molecular weight excluding hydrogens is 386 g/mol. The highest BCUT2D eigenvalue weighted by Crippen LogP contribution is 2.39. The Morgan fingerprint density at radius 1 is 1.13 bits per heavy atom. The number of rotatable bonds is 9. The van der Waals surface area contributed by atoms with Crippen LogP contribution >= 0.6 is 0 Å². The van der Waals surface area contributed by atoms with E-state index in [4.69, 9.17) is 28.4 Å². The van der Waals surface area contributed by atoms with Crippen molar-refractivity contribution in [2.45, 2.75) is 31.8 Å². The van der Waals surface area contributed by atoms with Gasteiger partial charge in [-0.3, -0.25) is 4.99 Å². The van der Waals surface area contributed by atoms with Gasteiger partial charge in [0, 0.05) is 37.4 Å². The monoisotopic (exact) mass is 417 g/mol. The maximum Gasteiger partial charge on any atom is 0.203 e. The van der Waals surface area contributed by atoms with Gasteiger partial charge in [0.2, 0.25) is 5.75 Å². The number of methoxy groups -OCH3 is 3. The standard InChI is InChI=1S/C22H31N3O5/c1-26-19-13-16(14-20(27-2)21(19)28-3)25-22(23-10-9-17-8-6-12-29-17)24-15-18-7-4-5-11-30-18/h6,8,12-14,18H,4-5,7,9-11,15H2,1-3H3,(H2,23,24,25). The summed E-state index contributed by atoms with van der Waals surface area (Å²) in [5.74, 6) is 3.27. The lowest BCUT2D eigenvalue weighted by Gasteiger charge is -2.22. The Morgan fingerprint density at radius 3 is 2.53 bits per heavy atom. The minimum Gasteiger partial charge on any atom is -0.493 e. The van der Waals surface area contributed by atoms with Gasteiger partial charge in [-0.2, -0.15) is 0 Å². The van der Waals surface area contributed by atoms with Gasteiger partial charge < -0.3 is 34.0 Å². The van der Waals surface area contributed by atoms with Crippen molar-refractivity contribution < 1.29 is 23.4 Å². The quantitative estimate of drug-likeness (QED) is 0.477. The third kappa shape index (κ3) is 6.06. The Hall–Kier alpha value is -2.87. The molecule has 3 rings (SSSR count). The van der Waals surface area contributed by atoms with E-state index in [2.05, 4.69) is 10.6 Å². The topological polar surface area (TPSA) is 86.5 Å². The molecule has 1 saturated heterocycles. The van der Waals surface area contributed by atoms with Gasteiger partial charge in [0.05, 0.1) is 40.2 Å². The van der Waals surface area contributed by atoms with Crippen molar-refractivity contribution in [3.8, 4) is 17.2 Å². The summed E-state index contributed by atoms with van der Waals surface area (Å²) >= 11 is 0. The van der Waals surface area contributed by atoms with E-state index in [9.17, 15) is 0 Å². The van der Waals surface area contributed by atoms with Crippen molar-refractivity contribution in [2.75, 3.05) is 46.3 Å². The summed E-state index contributed by atoms with van der Waals surface area (Å²) in [5, 5.41) is 6.70. The molecule has 2 N–H and O–H groups in total. The van der Waals surface area contributed by atoms with Crippen molar-refractivity contribution in [1.29, 1.82) is 0 Å². The average molecular weight is 418 g/mol. The van der Waals surface area contributed by atoms with E-state index < -0.39 is 0 Å². The van der Waals surface area contributed by atoms with E-state index in [1.165, 1.54) is 6.42 Å². The van der Waals surface area contributed by atoms with E-state index in [1.807, 2.05) is 24.3 Å². The maximum absolute atomic E-state index is 5.81. The second kappa shape index (κ2) is 11.3. The van der Waals surface area contributed by atoms with Crippen LogP contribution in [-0.4, -0.2) is 53.1 Å². The Bertz CT molecular complexity index is 776. The van der Waals surface area contributed by atoms with Crippen molar-refractivity contribution in [2.24, 2.45) is 4.99 Å². The van der Waals surface area contributed by atoms with Crippen LogP contribution in [0, 0.1) is 0 Å². The number of benzene rings is 1. The number of guanidine groups is 1. The van der Waals surface area contributed by atoms with E-state index in [0.29, 0.717) is 36.3 Å². The van der Waals surface area contributed by atoms with E-state index in [1.54, 1.807) is 27.6 Å². The Balaban J connectivity index is 1.72.